The molecule has 0 unspecified atom stereocenters. The average molecular weight is 280 g/mol. The van der Waals surface area contributed by atoms with Crippen molar-refractivity contribution in [3.8, 4) is 11.1 Å². The van der Waals surface area contributed by atoms with Gasteiger partial charge in [0.1, 0.15) is 0 Å². The Morgan fingerprint density at radius 1 is 1.05 bits per heavy atom. The monoisotopic (exact) mass is 280 g/mol. The molecule has 0 radical (unpaired) electrons. The van der Waals surface area contributed by atoms with Gasteiger partial charge in [-0.05, 0) is 30.2 Å². The van der Waals surface area contributed by atoms with E-state index in [0.29, 0.717) is 6.04 Å². The second-order valence-electron chi connectivity index (χ2n) is 5.55. The first kappa shape index (κ1) is 13.8. The number of rotatable bonds is 2. The Balaban J connectivity index is 1.76. The summed E-state index contributed by atoms with van der Waals surface area (Å²) in [7, 11) is 0. The van der Waals surface area contributed by atoms with Crippen LogP contribution in [0.3, 0.4) is 0 Å². The Hall–Kier alpha value is -2.13. The molecule has 0 aromatic heterocycles. The van der Waals surface area contributed by atoms with Crippen molar-refractivity contribution in [1.82, 2.24) is 10.2 Å². The summed E-state index contributed by atoms with van der Waals surface area (Å²) in [5.41, 5.74) is 3.08. The number of carbonyl (C=O) groups is 1. The minimum absolute atomic E-state index is 0.128. The van der Waals surface area contributed by atoms with E-state index in [-0.39, 0.29) is 5.91 Å². The fraction of sp³-hybridized carbons (Fsp3) is 0.278. The Kier molecular flexibility index (Phi) is 4.02. The van der Waals surface area contributed by atoms with E-state index in [9.17, 15) is 4.79 Å². The molecule has 1 aliphatic rings. The molecule has 1 fully saturated rings. The van der Waals surface area contributed by atoms with Crippen molar-refractivity contribution < 1.29 is 4.79 Å². The Labute approximate surface area is 125 Å². The highest BCUT2D eigenvalue weighted by Crippen LogP contribution is 2.20. The van der Waals surface area contributed by atoms with Crippen molar-refractivity contribution in [2.75, 3.05) is 19.6 Å². The lowest BCUT2D eigenvalue weighted by atomic mass is 10.0. The molecule has 0 aliphatic carbocycles. The summed E-state index contributed by atoms with van der Waals surface area (Å²) < 4.78 is 0. The normalized spacial score (nSPS) is 18.5. The molecule has 1 saturated heterocycles. The van der Waals surface area contributed by atoms with Gasteiger partial charge in [-0.1, -0.05) is 42.5 Å². The van der Waals surface area contributed by atoms with Gasteiger partial charge in [-0.3, -0.25) is 4.79 Å². The highest BCUT2D eigenvalue weighted by Gasteiger charge is 2.21. The molecule has 1 atom stereocenters. The van der Waals surface area contributed by atoms with Gasteiger partial charge in [0.15, 0.2) is 0 Å². The first-order chi connectivity index (χ1) is 10.2. The van der Waals surface area contributed by atoms with Crippen molar-refractivity contribution in [3.05, 3.63) is 60.2 Å². The van der Waals surface area contributed by atoms with Gasteiger partial charge >= 0.3 is 0 Å². The third-order valence-electron chi connectivity index (χ3n) is 3.89. The number of carbonyl (C=O) groups excluding carboxylic acids is 1. The topological polar surface area (TPSA) is 32.3 Å². The van der Waals surface area contributed by atoms with Crippen LogP contribution < -0.4 is 5.32 Å². The quantitative estimate of drug-likeness (QED) is 0.917. The van der Waals surface area contributed by atoms with Crippen LogP contribution in [0.4, 0.5) is 0 Å². The summed E-state index contributed by atoms with van der Waals surface area (Å²) in [5.74, 6) is 0.128. The zero-order chi connectivity index (χ0) is 14.7. The van der Waals surface area contributed by atoms with Crippen molar-refractivity contribution in [2.24, 2.45) is 0 Å². The number of hydrogen-bond acceptors (Lipinski definition) is 2. The largest absolute Gasteiger partial charge is 0.336 e. The van der Waals surface area contributed by atoms with Crippen molar-refractivity contribution in [1.29, 1.82) is 0 Å². The lowest BCUT2D eigenvalue weighted by Gasteiger charge is -2.32. The second-order valence-corrected chi connectivity index (χ2v) is 5.55. The number of nitrogens with one attached hydrogen (secondary N) is 1. The molecule has 2 aromatic carbocycles. The maximum atomic E-state index is 12.5. The zero-order valence-corrected chi connectivity index (χ0v) is 12.3. The van der Waals surface area contributed by atoms with E-state index in [1.165, 1.54) is 5.56 Å². The molecule has 3 nitrogen and oxygen atoms in total. The molecule has 21 heavy (non-hydrogen) atoms. The molecule has 3 rings (SSSR count). The Morgan fingerprint density at radius 3 is 2.38 bits per heavy atom. The molecule has 108 valence electrons. The summed E-state index contributed by atoms with van der Waals surface area (Å²) in [5, 5.41) is 3.35. The summed E-state index contributed by atoms with van der Waals surface area (Å²) in [6.45, 7) is 4.54. The smallest absolute Gasteiger partial charge is 0.253 e. The fourth-order valence-electron chi connectivity index (χ4n) is 2.74. The van der Waals surface area contributed by atoms with Gasteiger partial charge in [0.2, 0.25) is 0 Å². The van der Waals surface area contributed by atoms with Crippen LogP contribution in [0.15, 0.2) is 54.6 Å². The van der Waals surface area contributed by atoms with Gasteiger partial charge in [-0.2, -0.15) is 0 Å². The lowest BCUT2D eigenvalue weighted by molar-refractivity contribution is 0.0709. The number of amides is 1. The maximum Gasteiger partial charge on any atom is 0.253 e. The number of nitrogens with zero attached hydrogens (tertiary/aromatic N) is 1. The van der Waals surface area contributed by atoms with Crippen LogP contribution in [0.2, 0.25) is 0 Å². The van der Waals surface area contributed by atoms with Gasteiger partial charge in [-0.15, -0.1) is 0 Å². The van der Waals surface area contributed by atoms with E-state index in [1.807, 2.05) is 47.4 Å². The van der Waals surface area contributed by atoms with Gasteiger partial charge in [0, 0.05) is 31.2 Å². The molecule has 1 N–H and O–H groups in total. The van der Waals surface area contributed by atoms with Crippen molar-refractivity contribution in [2.45, 2.75) is 13.0 Å². The average Bonchev–Trinajstić information content (AvgIpc) is 2.55. The van der Waals surface area contributed by atoms with E-state index in [0.717, 1.165) is 30.8 Å². The third-order valence-corrected chi connectivity index (χ3v) is 3.89. The molecule has 1 amide bonds. The number of piperazine rings is 1. The molecular formula is C18H20N2O. The Morgan fingerprint density at radius 2 is 1.71 bits per heavy atom. The van der Waals surface area contributed by atoms with Gasteiger partial charge in [-0.25, -0.2) is 0 Å². The lowest BCUT2D eigenvalue weighted by Crippen LogP contribution is -2.51. The maximum absolute atomic E-state index is 12.5. The molecule has 0 saturated carbocycles. The minimum atomic E-state index is 0.128. The van der Waals surface area contributed by atoms with Crippen molar-refractivity contribution >= 4 is 5.91 Å². The minimum Gasteiger partial charge on any atom is -0.336 e. The van der Waals surface area contributed by atoms with Gasteiger partial charge in [0.05, 0.1) is 0 Å². The molecule has 0 spiro atoms. The van der Waals surface area contributed by atoms with Crippen LogP contribution in [0, 0.1) is 0 Å². The van der Waals surface area contributed by atoms with Crippen LogP contribution >= 0.6 is 0 Å². The predicted molar refractivity (Wildman–Crippen MR) is 85.2 cm³/mol. The molecule has 1 aliphatic heterocycles. The van der Waals surface area contributed by atoms with Gasteiger partial charge < -0.3 is 10.2 Å². The summed E-state index contributed by atoms with van der Waals surface area (Å²) >= 11 is 0. The molecule has 1 heterocycles. The molecule has 0 bridgehead atoms. The van der Waals surface area contributed by atoms with Gasteiger partial charge in [0.25, 0.3) is 5.91 Å². The third kappa shape index (κ3) is 3.14. The van der Waals surface area contributed by atoms with E-state index >= 15 is 0 Å². The van der Waals surface area contributed by atoms with Crippen LogP contribution in [0.1, 0.15) is 17.3 Å². The van der Waals surface area contributed by atoms with E-state index in [1.54, 1.807) is 0 Å². The van der Waals surface area contributed by atoms with E-state index in [4.69, 9.17) is 0 Å². The molecule has 2 aromatic rings. The second kappa shape index (κ2) is 6.10. The first-order valence-electron chi connectivity index (χ1n) is 7.42. The van der Waals surface area contributed by atoms with Crippen LogP contribution in [0.5, 0.6) is 0 Å². The van der Waals surface area contributed by atoms with Crippen LogP contribution in [0.25, 0.3) is 11.1 Å². The summed E-state index contributed by atoms with van der Waals surface area (Å²) in [6.07, 6.45) is 0. The summed E-state index contributed by atoms with van der Waals surface area (Å²) in [6, 6.07) is 18.5. The van der Waals surface area contributed by atoms with E-state index < -0.39 is 0 Å². The Bertz CT molecular complexity index is 607. The predicted octanol–water partition coefficient (Wildman–Crippen LogP) is 2.79. The highest BCUT2D eigenvalue weighted by molar-refractivity contribution is 5.94. The zero-order valence-electron chi connectivity index (χ0n) is 12.3. The number of hydrogen-bond donors (Lipinski definition) is 1. The summed E-state index contributed by atoms with van der Waals surface area (Å²) in [4.78, 5) is 14.4. The van der Waals surface area contributed by atoms with Crippen LogP contribution in [-0.4, -0.2) is 36.5 Å². The molecule has 3 heteroatoms. The first-order valence-corrected chi connectivity index (χ1v) is 7.42. The standard InChI is InChI=1S/C18H20N2O/c1-14-13-20(12-11-19-14)18(21)17-9-7-16(8-10-17)15-5-3-2-4-6-15/h2-10,14,19H,11-13H2,1H3/t14-/m1/s1. The van der Waals surface area contributed by atoms with Crippen LogP contribution in [-0.2, 0) is 0 Å². The highest BCUT2D eigenvalue weighted by atomic mass is 16.2. The number of benzene rings is 2. The van der Waals surface area contributed by atoms with Crippen molar-refractivity contribution in [3.63, 3.8) is 0 Å². The van der Waals surface area contributed by atoms with E-state index in [2.05, 4.69) is 24.4 Å². The fourth-order valence-corrected chi connectivity index (χ4v) is 2.74. The SMILES string of the molecule is C[C@@H]1CN(C(=O)c2ccc(-c3ccccc3)cc2)CCN1. The molecular weight excluding hydrogens is 260 g/mol.